The molecule has 0 radical (unpaired) electrons. The molecule has 2 N–H and O–H groups in total. The summed E-state index contributed by atoms with van der Waals surface area (Å²) < 4.78 is 17.3. The molecule has 5 aromatic rings. The average molecular weight is 586 g/mol. The van der Waals surface area contributed by atoms with E-state index in [9.17, 15) is 20.0 Å². The van der Waals surface area contributed by atoms with Gasteiger partial charge >= 0.3 is 0 Å². The van der Waals surface area contributed by atoms with Crippen molar-refractivity contribution in [2.24, 2.45) is 0 Å². The van der Waals surface area contributed by atoms with Crippen molar-refractivity contribution in [3.8, 4) is 17.2 Å². The van der Waals surface area contributed by atoms with Gasteiger partial charge in [-0.25, -0.2) is 0 Å². The lowest BCUT2D eigenvalue weighted by atomic mass is 10.1. The second-order valence-corrected chi connectivity index (χ2v) is 9.72. The maximum atomic E-state index is 13.7. The molecule has 11 nitrogen and oxygen atoms in total. The number of hydrogen-bond acceptors (Lipinski definition) is 8. The van der Waals surface area contributed by atoms with Gasteiger partial charge in [0.25, 0.3) is 11.0 Å². The van der Waals surface area contributed by atoms with Crippen molar-refractivity contribution < 1.29 is 34.0 Å². The minimum atomic E-state index is -1.06. The van der Waals surface area contributed by atoms with E-state index in [1.54, 1.807) is 42.5 Å². The van der Waals surface area contributed by atoms with Crippen LogP contribution in [0.25, 0.3) is 21.8 Å². The molecule has 5 rings (SSSR count). The van der Waals surface area contributed by atoms with Gasteiger partial charge < -0.3 is 34.0 Å². The number of nitrogens with zero attached hydrogens (tertiary/aromatic N) is 2. The van der Waals surface area contributed by atoms with Crippen molar-refractivity contribution in [3.63, 3.8) is 0 Å². The Morgan fingerprint density at radius 1 is 0.907 bits per heavy atom. The first-order valence-corrected chi connectivity index (χ1v) is 13.6. The first-order chi connectivity index (χ1) is 20.9. The molecule has 0 saturated carbocycles. The molecule has 0 saturated heterocycles. The molecule has 1 atom stereocenters. The van der Waals surface area contributed by atoms with Crippen molar-refractivity contribution >= 4 is 27.7 Å². The molecular formula is C32H31N3O8. The van der Waals surface area contributed by atoms with Gasteiger partial charge in [-0.05, 0) is 35.9 Å². The van der Waals surface area contributed by atoms with Crippen LogP contribution in [-0.4, -0.2) is 65.5 Å². The van der Waals surface area contributed by atoms with E-state index in [2.05, 4.69) is 9.82 Å². The van der Waals surface area contributed by atoms with Crippen LogP contribution in [0.2, 0.25) is 0 Å². The van der Waals surface area contributed by atoms with Gasteiger partial charge in [0.15, 0.2) is 11.5 Å². The Balaban J connectivity index is 1.32. The number of aliphatic hydroxyl groups excluding tert-OH is 1. The summed E-state index contributed by atoms with van der Waals surface area (Å²) in [4.78, 5) is 33.8. The highest BCUT2D eigenvalue weighted by molar-refractivity contribution is 6.09. The first kappa shape index (κ1) is 29.2. The smallest absolute Gasteiger partial charge is 0.294 e. The van der Waals surface area contributed by atoms with Crippen LogP contribution in [0.5, 0.6) is 17.2 Å². The van der Waals surface area contributed by atoms with Crippen LogP contribution < -0.4 is 14.2 Å². The number of para-hydroxylation sites is 4. The average Bonchev–Trinajstić information content (AvgIpc) is 3.41. The van der Waals surface area contributed by atoms with Crippen molar-refractivity contribution in [2.45, 2.75) is 12.7 Å². The number of nitrogens with one attached hydrogen (secondary N) is 1. The number of aromatic amines is 1. The zero-order chi connectivity index (χ0) is 30.2. The van der Waals surface area contributed by atoms with Gasteiger partial charge in [0, 0.05) is 21.9 Å². The topological polar surface area (TPSA) is 136 Å². The SMILES string of the molecule is COc1ccccc1OCCN(CC(O)COc1cccc2c1[nH]c1ccccc12)C(=O)c1ccccc1CO[N+](=O)[O-]. The number of hydrogen-bond donors (Lipinski definition) is 2. The summed E-state index contributed by atoms with van der Waals surface area (Å²) in [6.07, 6.45) is -1.06. The Morgan fingerprint density at radius 3 is 2.42 bits per heavy atom. The molecule has 4 aromatic carbocycles. The zero-order valence-corrected chi connectivity index (χ0v) is 23.5. The number of rotatable bonds is 14. The molecule has 0 aliphatic heterocycles. The van der Waals surface area contributed by atoms with E-state index in [1.807, 2.05) is 48.5 Å². The lowest BCUT2D eigenvalue weighted by molar-refractivity contribution is -0.763. The third-order valence-electron chi connectivity index (χ3n) is 6.91. The molecule has 0 bridgehead atoms. The summed E-state index contributed by atoms with van der Waals surface area (Å²) in [6, 6.07) is 27.3. The van der Waals surface area contributed by atoms with Gasteiger partial charge in [0.05, 0.1) is 25.7 Å². The number of H-pyrrole nitrogens is 1. The molecule has 1 aromatic heterocycles. The minimum Gasteiger partial charge on any atom is -0.493 e. The number of carbonyl (C=O) groups is 1. The fourth-order valence-electron chi connectivity index (χ4n) is 4.89. The van der Waals surface area contributed by atoms with Crippen LogP contribution in [0.1, 0.15) is 15.9 Å². The second kappa shape index (κ2) is 13.6. The number of aromatic nitrogens is 1. The zero-order valence-electron chi connectivity index (χ0n) is 23.5. The quantitative estimate of drug-likeness (QED) is 0.137. The van der Waals surface area contributed by atoms with Crippen LogP contribution in [-0.2, 0) is 11.4 Å². The lowest BCUT2D eigenvalue weighted by Crippen LogP contribution is -2.42. The summed E-state index contributed by atoms with van der Waals surface area (Å²) in [5, 5.41) is 23.0. The van der Waals surface area contributed by atoms with Crippen molar-refractivity contribution in [2.75, 3.05) is 33.4 Å². The van der Waals surface area contributed by atoms with Crippen LogP contribution in [0, 0.1) is 10.1 Å². The molecule has 1 unspecified atom stereocenters. The molecule has 1 amide bonds. The highest BCUT2D eigenvalue weighted by Crippen LogP contribution is 2.31. The van der Waals surface area contributed by atoms with Gasteiger partial charge in [0.1, 0.15) is 31.7 Å². The Labute approximate surface area is 247 Å². The molecule has 0 aliphatic carbocycles. The molecule has 11 heteroatoms. The Hall–Kier alpha value is -5.29. The van der Waals surface area contributed by atoms with Gasteiger partial charge in [-0.3, -0.25) is 4.79 Å². The number of methoxy groups -OCH3 is 1. The largest absolute Gasteiger partial charge is 0.493 e. The van der Waals surface area contributed by atoms with Crippen LogP contribution in [0.4, 0.5) is 0 Å². The van der Waals surface area contributed by atoms with Gasteiger partial charge in [0.2, 0.25) is 0 Å². The maximum Gasteiger partial charge on any atom is 0.294 e. The Bertz CT molecular complexity index is 1720. The van der Waals surface area contributed by atoms with Crippen LogP contribution >= 0.6 is 0 Å². The van der Waals surface area contributed by atoms with E-state index in [1.165, 1.54) is 12.0 Å². The minimum absolute atomic E-state index is 0.0821. The maximum absolute atomic E-state index is 13.7. The predicted molar refractivity (Wildman–Crippen MR) is 160 cm³/mol. The second-order valence-electron chi connectivity index (χ2n) is 9.72. The molecular weight excluding hydrogens is 554 g/mol. The standard InChI is InChI=1S/C32H31N3O8/c1-40-28-14-6-7-15-29(28)41-18-17-34(32(37)24-10-3-2-9-22(24)20-43-35(38)39)19-23(36)21-42-30-16-8-12-26-25-11-4-5-13-27(25)33-31(26)30/h2-16,23,33,36H,17-21H2,1H3. The fourth-order valence-corrected chi connectivity index (χ4v) is 4.89. The monoisotopic (exact) mass is 585 g/mol. The van der Waals surface area contributed by atoms with E-state index >= 15 is 0 Å². The number of fused-ring (bicyclic) bond motifs is 3. The number of benzene rings is 4. The van der Waals surface area contributed by atoms with E-state index in [-0.39, 0.29) is 38.5 Å². The van der Waals surface area contributed by atoms with Crippen molar-refractivity contribution in [1.29, 1.82) is 0 Å². The summed E-state index contributed by atoms with van der Waals surface area (Å²) in [7, 11) is 1.54. The highest BCUT2D eigenvalue weighted by Gasteiger charge is 2.23. The number of amides is 1. The third kappa shape index (κ3) is 6.96. The molecule has 1 heterocycles. The first-order valence-electron chi connectivity index (χ1n) is 13.6. The highest BCUT2D eigenvalue weighted by atomic mass is 16.9. The molecule has 0 aliphatic rings. The molecule has 222 valence electrons. The normalized spacial score (nSPS) is 11.7. The summed E-state index contributed by atoms with van der Waals surface area (Å²) in [5.74, 6) is 1.19. The van der Waals surface area contributed by atoms with E-state index in [0.29, 0.717) is 22.8 Å². The Morgan fingerprint density at radius 2 is 1.60 bits per heavy atom. The predicted octanol–water partition coefficient (Wildman–Crippen LogP) is 5.00. The van der Waals surface area contributed by atoms with Crippen LogP contribution in [0.15, 0.2) is 91.0 Å². The van der Waals surface area contributed by atoms with Crippen LogP contribution in [0.3, 0.4) is 0 Å². The summed E-state index contributed by atoms with van der Waals surface area (Å²) in [6.45, 7) is -0.350. The Kier molecular flexibility index (Phi) is 9.23. The van der Waals surface area contributed by atoms with E-state index in [0.717, 1.165) is 21.8 Å². The van der Waals surface area contributed by atoms with Crippen molar-refractivity contribution in [1.82, 2.24) is 9.88 Å². The van der Waals surface area contributed by atoms with E-state index in [4.69, 9.17) is 14.2 Å². The van der Waals surface area contributed by atoms with Gasteiger partial charge in [-0.15, -0.1) is 10.1 Å². The van der Waals surface area contributed by atoms with Crippen molar-refractivity contribution in [3.05, 3.63) is 112 Å². The summed E-state index contributed by atoms with van der Waals surface area (Å²) in [5.41, 5.74) is 2.35. The number of aliphatic hydroxyl groups is 1. The third-order valence-corrected chi connectivity index (χ3v) is 6.91. The molecule has 0 spiro atoms. The lowest BCUT2D eigenvalue weighted by Gasteiger charge is -2.26. The number of carbonyl (C=O) groups excluding carboxylic acids is 1. The van der Waals surface area contributed by atoms with E-state index < -0.39 is 17.1 Å². The molecule has 43 heavy (non-hydrogen) atoms. The summed E-state index contributed by atoms with van der Waals surface area (Å²) >= 11 is 0. The van der Waals surface area contributed by atoms with Gasteiger partial charge in [-0.1, -0.05) is 60.7 Å². The fraction of sp³-hybridized carbons (Fsp3) is 0.219. The van der Waals surface area contributed by atoms with Gasteiger partial charge in [-0.2, -0.15) is 0 Å². The molecule has 0 fully saturated rings. The number of ether oxygens (including phenoxy) is 3.